The molecule has 0 saturated carbocycles. The molecule has 4 nitrogen and oxygen atoms in total. The van der Waals surface area contributed by atoms with Crippen LogP contribution in [0.3, 0.4) is 0 Å². The topological polar surface area (TPSA) is 51.0 Å². The lowest BCUT2D eigenvalue weighted by atomic mass is 10.1. The van der Waals surface area contributed by atoms with Gasteiger partial charge in [0, 0.05) is 6.42 Å². The van der Waals surface area contributed by atoms with E-state index in [4.69, 9.17) is 4.74 Å². The van der Waals surface area contributed by atoms with Crippen molar-refractivity contribution in [2.24, 2.45) is 10.2 Å². The van der Waals surface area contributed by atoms with Gasteiger partial charge in [-0.1, -0.05) is 48.5 Å². The third-order valence-corrected chi connectivity index (χ3v) is 2.81. The first-order valence-electron chi connectivity index (χ1n) is 6.37. The number of benzene rings is 2. The summed E-state index contributed by atoms with van der Waals surface area (Å²) in [6, 6.07) is 18.4. The van der Waals surface area contributed by atoms with Crippen LogP contribution in [0.15, 0.2) is 70.9 Å². The molecule has 2 aromatic rings. The average molecular weight is 268 g/mol. The minimum atomic E-state index is -0.623. The minimum absolute atomic E-state index is 0.381. The Morgan fingerprint density at radius 2 is 1.65 bits per heavy atom. The monoisotopic (exact) mass is 268 g/mol. The molecule has 4 heteroatoms. The third kappa shape index (κ3) is 4.02. The van der Waals surface area contributed by atoms with Crippen LogP contribution in [0.5, 0.6) is 0 Å². The van der Waals surface area contributed by atoms with E-state index in [9.17, 15) is 4.79 Å². The molecule has 0 saturated heterocycles. The number of rotatable bonds is 5. The van der Waals surface area contributed by atoms with Gasteiger partial charge < -0.3 is 4.74 Å². The summed E-state index contributed by atoms with van der Waals surface area (Å²) in [6.45, 7) is 0. The van der Waals surface area contributed by atoms with Crippen LogP contribution in [0.1, 0.15) is 5.56 Å². The number of methoxy groups -OCH3 is 1. The quantitative estimate of drug-likeness (QED) is 0.615. The Labute approximate surface area is 118 Å². The van der Waals surface area contributed by atoms with Crippen LogP contribution >= 0.6 is 0 Å². The van der Waals surface area contributed by atoms with Gasteiger partial charge in [-0.3, -0.25) is 0 Å². The number of ether oxygens (including phenoxy) is 1. The molecule has 0 unspecified atom stereocenters. The number of hydrogen-bond donors (Lipinski definition) is 0. The second-order valence-electron chi connectivity index (χ2n) is 4.28. The number of nitrogens with zero attached hydrogens (tertiary/aromatic N) is 2. The van der Waals surface area contributed by atoms with E-state index in [1.54, 1.807) is 0 Å². The van der Waals surface area contributed by atoms with Crippen molar-refractivity contribution in [2.45, 2.75) is 12.5 Å². The van der Waals surface area contributed by atoms with Gasteiger partial charge in [-0.2, -0.15) is 10.2 Å². The predicted octanol–water partition coefficient (Wildman–Crippen LogP) is 3.55. The number of carbonyl (C=O) groups is 1. The first-order chi connectivity index (χ1) is 9.79. The fourth-order valence-corrected chi connectivity index (χ4v) is 1.78. The molecular weight excluding hydrogens is 252 g/mol. The van der Waals surface area contributed by atoms with Crippen molar-refractivity contribution in [2.75, 3.05) is 7.11 Å². The second-order valence-corrected chi connectivity index (χ2v) is 4.28. The van der Waals surface area contributed by atoms with Gasteiger partial charge in [0.1, 0.15) is 0 Å². The molecule has 20 heavy (non-hydrogen) atoms. The lowest BCUT2D eigenvalue weighted by Gasteiger charge is -2.08. The number of carbonyl (C=O) groups excluding carboxylic acids is 1. The Bertz CT molecular complexity index is 568. The molecule has 0 N–H and O–H groups in total. The van der Waals surface area contributed by atoms with Crippen LogP contribution in [0, 0.1) is 0 Å². The van der Waals surface area contributed by atoms with E-state index in [0.717, 1.165) is 11.3 Å². The molecular formula is C16H16N2O2. The molecule has 0 aliphatic carbocycles. The summed E-state index contributed by atoms with van der Waals surface area (Å²) in [5, 5.41) is 8.21. The molecule has 0 spiro atoms. The van der Waals surface area contributed by atoms with E-state index in [1.807, 2.05) is 60.7 Å². The van der Waals surface area contributed by atoms with E-state index in [-0.39, 0.29) is 5.97 Å². The molecule has 2 rings (SSSR count). The van der Waals surface area contributed by atoms with Crippen molar-refractivity contribution < 1.29 is 9.53 Å². The van der Waals surface area contributed by atoms with E-state index < -0.39 is 6.04 Å². The van der Waals surface area contributed by atoms with Gasteiger partial charge in [0.05, 0.1) is 12.8 Å². The molecule has 0 aromatic heterocycles. The van der Waals surface area contributed by atoms with Crippen molar-refractivity contribution in [3.63, 3.8) is 0 Å². The molecule has 0 aliphatic heterocycles. The maximum Gasteiger partial charge on any atom is 0.332 e. The Balaban J connectivity index is 2.12. The maximum absolute atomic E-state index is 11.8. The average Bonchev–Trinajstić information content (AvgIpc) is 2.52. The molecule has 2 aromatic carbocycles. The summed E-state index contributed by atoms with van der Waals surface area (Å²) in [5.74, 6) is -0.381. The molecule has 0 fully saturated rings. The zero-order valence-electron chi connectivity index (χ0n) is 11.3. The number of hydrogen-bond acceptors (Lipinski definition) is 4. The van der Waals surface area contributed by atoms with Gasteiger partial charge in [0.2, 0.25) is 0 Å². The molecule has 0 radical (unpaired) electrons. The van der Waals surface area contributed by atoms with Crippen molar-refractivity contribution in [1.82, 2.24) is 0 Å². The van der Waals surface area contributed by atoms with E-state index >= 15 is 0 Å². The highest BCUT2D eigenvalue weighted by atomic mass is 16.5. The zero-order valence-corrected chi connectivity index (χ0v) is 11.3. The fourth-order valence-electron chi connectivity index (χ4n) is 1.78. The maximum atomic E-state index is 11.8. The molecule has 0 amide bonds. The van der Waals surface area contributed by atoms with Crippen molar-refractivity contribution in [1.29, 1.82) is 0 Å². The van der Waals surface area contributed by atoms with Crippen molar-refractivity contribution in [3.8, 4) is 0 Å². The summed E-state index contributed by atoms with van der Waals surface area (Å²) in [7, 11) is 1.36. The standard InChI is InChI=1S/C16H16N2O2/c1-20-16(19)15(12-13-8-4-2-5-9-13)18-17-14-10-6-3-7-11-14/h2-11,15H,12H2,1H3/t15-/m0/s1. The summed E-state index contributed by atoms with van der Waals surface area (Å²) >= 11 is 0. The molecule has 0 bridgehead atoms. The van der Waals surface area contributed by atoms with Gasteiger partial charge in [-0.05, 0) is 17.7 Å². The Morgan fingerprint density at radius 3 is 2.25 bits per heavy atom. The lowest BCUT2D eigenvalue weighted by Crippen LogP contribution is -2.22. The van der Waals surface area contributed by atoms with E-state index in [2.05, 4.69) is 10.2 Å². The minimum Gasteiger partial charge on any atom is -0.467 e. The summed E-state index contributed by atoms with van der Waals surface area (Å²) in [5.41, 5.74) is 1.74. The molecule has 1 atom stereocenters. The Kier molecular flexibility index (Phi) is 5.00. The lowest BCUT2D eigenvalue weighted by molar-refractivity contribution is -0.142. The number of azo groups is 1. The van der Waals surface area contributed by atoms with Crippen molar-refractivity contribution >= 4 is 11.7 Å². The Morgan fingerprint density at radius 1 is 1.05 bits per heavy atom. The van der Waals surface area contributed by atoms with Crippen LogP contribution in [0.2, 0.25) is 0 Å². The molecule has 0 heterocycles. The van der Waals surface area contributed by atoms with Gasteiger partial charge in [0.15, 0.2) is 6.04 Å². The van der Waals surface area contributed by atoms with Crippen LogP contribution in [0.25, 0.3) is 0 Å². The zero-order chi connectivity index (χ0) is 14.2. The smallest absolute Gasteiger partial charge is 0.332 e. The SMILES string of the molecule is COC(=O)[C@H](Cc1ccccc1)N=Nc1ccccc1. The number of esters is 1. The van der Waals surface area contributed by atoms with Crippen molar-refractivity contribution in [3.05, 3.63) is 66.2 Å². The largest absolute Gasteiger partial charge is 0.467 e. The highest BCUT2D eigenvalue weighted by Crippen LogP contribution is 2.14. The van der Waals surface area contributed by atoms with E-state index in [1.165, 1.54) is 7.11 Å². The van der Waals surface area contributed by atoms with Gasteiger partial charge in [-0.25, -0.2) is 4.79 Å². The summed E-state index contributed by atoms with van der Waals surface area (Å²) in [4.78, 5) is 11.8. The first kappa shape index (κ1) is 13.9. The predicted molar refractivity (Wildman–Crippen MR) is 76.9 cm³/mol. The van der Waals surface area contributed by atoms with Crippen LogP contribution in [-0.2, 0) is 16.0 Å². The first-order valence-corrected chi connectivity index (χ1v) is 6.37. The van der Waals surface area contributed by atoms with E-state index in [0.29, 0.717) is 6.42 Å². The van der Waals surface area contributed by atoms with Crippen LogP contribution in [-0.4, -0.2) is 19.1 Å². The molecule has 102 valence electrons. The van der Waals surface area contributed by atoms with Crippen LogP contribution in [0.4, 0.5) is 5.69 Å². The normalized spacial score (nSPS) is 12.2. The highest BCUT2D eigenvalue weighted by Gasteiger charge is 2.18. The Hall–Kier alpha value is -2.49. The second kappa shape index (κ2) is 7.19. The molecule has 0 aliphatic rings. The highest BCUT2D eigenvalue weighted by molar-refractivity contribution is 5.76. The van der Waals surface area contributed by atoms with Gasteiger partial charge >= 0.3 is 5.97 Å². The third-order valence-electron chi connectivity index (χ3n) is 2.81. The van der Waals surface area contributed by atoms with Crippen LogP contribution < -0.4 is 0 Å². The van der Waals surface area contributed by atoms with Gasteiger partial charge in [-0.15, -0.1) is 0 Å². The fraction of sp³-hybridized carbons (Fsp3) is 0.188. The summed E-state index contributed by atoms with van der Waals surface area (Å²) < 4.78 is 4.78. The van der Waals surface area contributed by atoms with Gasteiger partial charge in [0.25, 0.3) is 0 Å². The summed E-state index contributed by atoms with van der Waals surface area (Å²) in [6.07, 6.45) is 0.476.